The molecular weight excluding hydrogens is 270 g/mol. The molecule has 3 heterocycles. The first-order chi connectivity index (χ1) is 7.74. The molecule has 0 unspecified atom stereocenters. The van der Waals surface area contributed by atoms with Crippen molar-refractivity contribution in [3.63, 3.8) is 0 Å². The smallest absolute Gasteiger partial charge is 0.198 e. The lowest BCUT2D eigenvalue weighted by Crippen LogP contribution is -2.03. The predicted molar refractivity (Wildman–Crippen MR) is 62.5 cm³/mol. The number of hydrogen-bond acceptors (Lipinski definition) is 3. The summed E-state index contributed by atoms with van der Waals surface area (Å²) in [6, 6.07) is 1.93. The molecule has 3 rings (SSSR count). The fourth-order valence-corrected chi connectivity index (χ4v) is 1.96. The van der Waals surface area contributed by atoms with Crippen LogP contribution in [0.2, 0.25) is 0 Å². The number of hydrogen-bond donors (Lipinski definition) is 0. The zero-order valence-electron chi connectivity index (χ0n) is 8.50. The Bertz CT molecular complexity index is 654. The molecule has 0 N–H and O–H groups in total. The largest absolute Gasteiger partial charge is 0.301 e. The van der Waals surface area contributed by atoms with Crippen molar-refractivity contribution in [3.8, 4) is 5.82 Å². The minimum absolute atomic E-state index is 0.715. The first-order valence-electron chi connectivity index (χ1n) is 4.76. The van der Waals surface area contributed by atoms with Crippen LogP contribution in [0.5, 0.6) is 0 Å². The normalized spacial score (nSPS) is 11.1. The summed E-state index contributed by atoms with van der Waals surface area (Å²) >= 11 is 3.37. The third kappa shape index (κ3) is 1.42. The van der Waals surface area contributed by atoms with E-state index in [1.54, 1.807) is 10.9 Å². The molecule has 0 aliphatic rings. The maximum absolute atomic E-state index is 4.39. The predicted octanol–water partition coefficient (Wildman–Crippen LogP) is 1.99. The summed E-state index contributed by atoms with van der Waals surface area (Å²) in [5.41, 5.74) is 1.73. The highest BCUT2D eigenvalue weighted by Crippen LogP contribution is 2.15. The van der Waals surface area contributed by atoms with Crippen LogP contribution < -0.4 is 0 Å². The first-order valence-corrected chi connectivity index (χ1v) is 5.55. The van der Waals surface area contributed by atoms with Crippen molar-refractivity contribution >= 4 is 21.6 Å². The van der Waals surface area contributed by atoms with E-state index >= 15 is 0 Å². The van der Waals surface area contributed by atoms with Crippen LogP contribution >= 0.6 is 15.9 Å². The van der Waals surface area contributed by atoms with Gasteiger partial charge in [-0.15, -0.1) is 0 Å². The van der Waals surface area contributed by atoms with Gasteiger partial charge in [0.1, 0.15) is 4.60 Å². The number of aromatic nitrogens is 5. The number of fused-ring (bicyclic) bond motifs is 1. The third-order valence-corrected chi connectivity index (χ3v) is 2.65. The molecule has 0 bridgehead atoms. The second kappa shape index (κ2) is 3.41. The van der Waals surface area contributed by atoms with E-state index in [1.165, 1.54) is 0 Å². The molecule has 0 fully saturated rings. The van der Waals surface area contributed by atoms with E-state index in [2.05, 4.69) is 31.0 Å². The van der Waals surface area contributed by atoms with Gasteiger partial charge in [-0.2, -0.15) is 5.10 Å². The van der Waals surface area contributed by atoms with Gasteiger partial charge in [0.15, 0.2) is 11.5 Å². The highest BCUT2D eigenvalue weighted by Gasteiger charge is 2.08. The Balaban J connectivity index is 2.33. The van der Waals surface area contributed by atoms with Gasteiger partial charge in [-0.1, -0.05) is 0 Å². The molecular formula is C10H8BrN5. The van der Waals surface area contributed by atoms with E-state index in [0.717, 1.165) is 15.9 Å². The molecule has 0 aliphatic carbocycles. The Kier molecular flexibility index (Phi) is 2.03. The molecule has 0 radical (unpaired) electrons. The molecule has 0 amide bonds. The lowest BCUT2D eigenvalue weighted by molar-refractivity contribution is 0.824. The lowest BCUT2D eigenvalue weighted by Gasteiger charge is -2.03. The molecule has 0 saturated carbocycles. The van der Waals surface area contributed by atoms with Gasteiger partial charge in [0, 0.05) is 24.8 Å². The molecule has 0 aliphatic heterocycles. The summed E-state index contributed by atoms with van der Waals surface area (Å²) in [7, 11) is 0. The van der Waals surface area contributed by atoms with Crippen molar-refractivity contribution in [2.45, 2.75) is 6.92 Å². The van der Waals surface area contributed by atoms with E-state index in [4.69, 9.17) is 0 Å². The zero-order chi connectivity index (χ0) is 11.1. The quantitative estimate of drug-likeness (QED) is 0.684. The molecule has 0 aromatic carbocycles. The summed E-state index contributed by atoms with van der Waals surface area (Å²) in [5.74, 6) is 0.715. The zero-order valence-corrected chi connectivity index (χ0v) is 10.1. The summed E-state index contributed by atoms with van der Waals surface area (Å²) in [6.45, 7) is 1.94. The molecule has 80 valence electrons. The molecule has 5 nitrogen and oxygen atoms in total. The number of imidazole rings is 1. The standard InChI is InChI=1S/C10H8BrN5/c1-7-2-4-16(14-7)10-9-12-3-5-15(9)6-8(11)13-10/h2-6H,1H3. The van der Waals surface area contributed by atoms with Gasteiger partial charge in [-0.25, -0.2) is 14.6 Å². The molecule has 6 heteroatoms. The van der Waals surface area contributed by atoms with Gasteiger partial charge in [-0.05, 0) is 28.9 Å². The summed E-state index contributed by atoms with van der Waals surface area (Å²) in [6.07, 6.45) is 7.35. The molecule has 0 spiro atoms. The van der Waals surface area contributed by atoms with Crippen LogP contribution in [-0.4, -0.2) is 24.1 Å². The van der Waals surface area contributed by atoms with E-state index in [-0.39, 0.29) is 0 Å². The van der Waals surface area contributed by atoms with Crippen molar-refractivity contribution < 1.29 is 0 Å². The fraction of sp³-hybridized carbons (Fsp3) is 0.100. The summed E-state index contributed by atoms with van der Waals surface area (Å²) in [5, 5.41) is 4.33. The van der Waals surface area contributed by atoms with E-state index in [1.807, 2.05) is 36.0 Å². The third-order valence-electron chi connectivity index (χ3n) is 2.27. The molecule has 0 atom stereocenters. The van der Waals surface area contributed by atoms with Crippen LogP contribution in [-0.2, 0) is 0 Å². The molecule has 3 aromatic rings. The van der Waals surface area contributed by atoms with Crippen LogP contribution in [0.3, 0.4) is 0 Å². The Morgan fingerprint density at radius 3 is 2.94 bits per heavy atom. The number of nitrogens with zero attached hydrogens (tertiary/aromatic N) is 5. The van der Waals surface area contributed by atoms with Crippen LogP contribution in [0.25, 0.3) is 11.5 Å². The molecule has 3 aromatic heterocycles. The Morgan fingerprint density at radius 2 is 2.19 bits per heavy atom. The van der Waals surface area contributed by atoms with Crippen LogP contribution in [0.4, 0.5) is 0 Å². The van der Waals surface area contributed by atoms with Crippen molar-refractivity contribution in [3.05, 3.63) is 41.2 Å². The van der Waals surface area contributed by atoms with E-state index in [9.17, 15) is 0 Å². The fourth-order valence-electron chi connectivity index (χ4n) is 1.57. The Morgan fingerprint density at radius 1 is 1.31 bits per heavy atom. The van der Waals surface area contributed by atoms with Crippen molar-refractivity contribution in [1.82, 2.24) is 24.1 Å². The highest BCUT2D eigenvalue weighted by atomic mass is 79.9. The minimum atomic E-state index is 0.715. The summed E-state index contributed by atoms with van der Waals surface area (Å²) in [4.78, 5) is 8.66. The molecule has 16 heavy (non-hydrogen) atoms. The minimum Gasteiger partial charge on any atom is -0.301 e. The maximum Gasteiger partial charge on any atom is 0.198 e. The number of halogens is 1. The van der Waals surface area contributed by atoms with Gasteiger partial charge in [0.05, 0.1) is 5.69 Å². The number of rotatable bonds is 1. The van der Waals surface area contributed by atoms with Gasteiger partial charge < -0.3 is 4.40 Å². The van der Waals surface area contributed by atoms with Gasteiger partial charge >= 0.3 is 0 Å². The van der Waals surface area contributed by atoms with Gasteiger partial charge in [0.2, 0.25) is 0 Å². The van der Waals surface area contributed by atoms with Gasteiger partial charge in [-0.3, -0.25) is 0 Å². The Labute approximate surface area is 99.9 Å². The summed E-state index contributed by atoms with van der Waals surface area (Å²) < 4.78 is 4.38. The van der Waals surface area contributed by atoms with Crippen LogP contribution in [0, 0.1) is 6.92 Å². The van der Waals surface area contributed by atoms with E-state index < -0.39 is 0 Å². The van der Waals surface area contributed by atoms with Crippen molar-refractivity contribution in [2.24, 2.45) is 0 Å². The average molecular weight is 278 g/mol. The Hall–Kier alpha value is -1.69. The first kappa shape index (κ1) is 9.53. The van der Waals surface area contributed by atoms with Crippen LogP contribution in [0.15, 0.2) is 35.5 Å². The second-order valence-electron chi connectivity index (χ2n) is 3.45. The van der Waals surface area contributed by atoms with Crippen LogP contribution in [0.1, 0.15) is 5.69 Å². The highest BCUT2D eigenvalue weighted by molar-refractivity contribution is 9.10. The van der Waals surface area contributed by atoms with Gasteiger partial charge in [0.25, 0.3) is 0 Å². The van der Waals surface area contributed by atoms with Crippen molar-refractivity contribution in [2.75, 3.05) is 0 Å². The topological polar surface area (TPSA) is 48.0 Å². The number of aryl methyl sites for hydroxylation is 1. The molecule has 0 saturated heterocycles. The SMILES string of the molecule is Cc1ccn(-c2nc(Br)cn3ccnc23)n1. The maximum atomic E-state index is 4.39. The lowest BCUT2D eigenvalue weighted by atomic mass is 10.5. The monoisotopic (exact) mass is 277 g/mol. The average Bonchev–Trinajstić information content (AvgIpc) is 2.84. The second-order valence-corrected chi connectivity index (χ2v) is 4.26. The van der Waals surface area contributed by atoms with E-state index in [0.29, 0.717) is 5.82 Å². The van der Waals surface area contributed by atoms with Crippen molar-refractivity contribution in [1.29, 1.82) is 0 Å².